The highest BCUT2D eigenvalue weighted by Crippen LogP contribution is 2.10. The van der Waals surface area contributed by atoms with E-state index in [9.17, 15) is 14.7 Å². The molecular formula is C41H66O5. The molecule has 0 aromatic carbocycles. The summed E-state index contributed by atoms with van der Waals surface area (Å²) in [6.45, 7) is 3.91. The van der Waals surface area contributed by atoms with Crippen LogP contribution in [0, 0.1) is 0 Å². The van der Waals surface area contributed by atoms with Gasteiger partial charge in [0.15, 0.2) is 6.10 Å². The van der Waals surface area contributed by atoms with Gasteiger partial charge in [0.05, 0.1) is 6.61 Å². The molecule has 0 spiro atoms. The Labute approximate surface area is 282 Å². The van der Waals surface area contributed by atoms with Crippen LogP contribution in [-0.2, 0) is 19.1 Å². The molecule has 0 heterocycles. The number of carbonyl (C=O) groups excluding carboxylic acids is 2. The molecule has 0 amide bonds. The minimum atomic E-state index is -0.818. The summed E-state index contributed by atoms with van der Waals surface area (Å²) in [5, 5.41) is 9.51. The van der Waals surface area contributed by atoms with Crippen molar-refractivity contribution in [1.82, 2.24) is 0 Å². The molecule has 1 N–H and O–H groups in total. The predicted octanol–water partition coefficient (Wildman–Crippen LogP) is 11.2. The fourth-order valence-corrected chi connectivity index (χ4v) is 4.45. The van der Waals surface area contributed by atoms with Crippen molar-refractivity contribution in [2.45, 2.75) is 148 Å². The monoisotopic (exact) mass is 638 g/mol. The van der Waals surface area contributed by atoms with Gasteiger partial charge >= 0.3 is 11.9 Å². The zero-order valence-electron chi connectivity index (χ0n) is 29.3. The summed E-state index contributed by atoms with van der Waals surface area (Å²) >= 11 is 0. The van der Waals surface area contributed by atoms with Gasteiger partial charge in [-0.1, -0.05) is 137 Å². The lowest BCUT2D eigenvalue weighted by molar-refractivity contribution is -0.161. The number of carbonyl (C=O) groups is 2. The van der Waals surface area contributed by atoms with Crippen molar-refractivity contribution >= 4 is 11.9 Å². The third-order valence-corrected chi connectivity index (χ3v) is 7.19. The lowest BCUT2D eigenvalue weighted by Gasteiger charge is -2.15. The summed E-state index contributed by atoms with van der Waals surface area (Å²) in [6.07, 6.45) is 49.3. The number of hydrogen-bond donors (Lipinski definition) is 1. The highest BCUT2D eigenvalue weighted by atomic mass is 16.6. The first-order valence-electron chi connectivity index (χ1n) is 18.1. The molecule has 260 valence electrons. The highest BCUT2D eigenvalue weighted by molar-refractivity contribution is 5.70. The molecule has 0 aliphatic rings. The molecule has 0 rings (SSSR count). The van der Waals surface area contributed by atoms with Crippen LogP contribution in [0.4, 0.5) is 0 Å². The lowest BCUT2D eigenvalue weighted by atomic mass is 10.1. The van der Waals surface area contributed by atoms with E-state index in [0.29, 0.717) is 12.8 Å². The quantitative estimate of drug-likeness (QED) is 0.0465. The van der Waals surface area contributed by atoms with Gasteiger partial charge in [0, 0.05) is 12.8 Å². The summed E-state index contributed by atoms with van der Waals surface area (Å²) in [5.41, 5.74) is 0. The topological polar surface area (TPSA) is 72.8 Å². The molecule has 0 saturated heterocycles. The Bertz CT molecular complexity index is 906. The fourth-order valence-electron chi connectivity index (χ4n) is 4.45. The number of aliphatic hydroxyl groups is 1. The number of ether oxygens (including phenoxy) is 2. The van der Waals surface area contributed by atoms with Gasteiger partial charge in [-0.25, -0.2) is 0 Å². The van der Waals surface area contributed by atoms with Crippen LogP contribution in [0.3, 0.4) is 0 Å². The number of unbranched alkanes of at least 4 members (excludes halogenated alkanes) is 9. The van der Waals surface area contributed by atoms with E-state index in [1.54, 1.807) is 0 Å². The van der Waals surface area contributed by atoms with Crippen molar-refractivity contribution < 1.29 is 24.2 Å². The van der Waals surface area contributed by atoms with Crippen LogP contribution < -0.4 is 0 Å². The van der Waals surface area contributed by atoms with Gasteiger partial charge in [-0.3, -0.25) is 9.59 Å². The Morgan fingerprint density at radius 2 is 0.978 bits per heavy atom. The molecule has 0 fully saturated rings. The second-order valence-corrected chi connectivity index (χ2v) is 11.6. The molecule has 0 saturated carbocycles. The number of hydrogen-bond acceptors (Lipinski definition) is 5. The first-order chi connectivity index (χ1) is 22.6. The van der Waals surface area contributed by atoms with Gasteiger partial charge in [0.2, 0.25) is 0 Å². The molecule has 0 bridgehead atoms. The number of aliphatic hydroxyl groups excluding tert-OH is 1. The van der Waals surface area contributed by atoms with E-state index in [-0.39, 0.29) is 25.6 Å². The lowest BCUT2D eigenvalue weighted by Crippen LogP contribution is -2.28. The second kappa shape index (κ2) is 36.5. The van der Waals surface area contributed by atoms with Crippen LogP contribution in [-0.4, -0.2) is 36.4 Å². The Kier molecular flexibility index (Phi) is 34.2. The summed E-state index contributed by atoms with van der Waals surface area (Å²) in [6, 6.07) is 0. The minimum Gasteiger partial charge on any atom is -0.462 e. The molecule has 0 aliphatic carbocycles. The van der Waals surface area contributed by atoms with E-state index in [2.05, 4.69) is 86.8 Å². The molecule has 0 aromatic rings. The number of rotatable bonds is 31. The van der Waals surface area contributed by atoms with E-state index in [1.807, 2.05) is 12.2 Å². The molecule has 5 nitrogen and oxygen atoms in total. The van der Waals surface area contributed by atoms with E-state index in [4.69, 9.17) is 9.47 Å². The van der Waals surface area contributed by atoms with Gasteiger partial charge in [-0.2, -0.15) is 0 Å². The van der Waals surface area contributed by atoms with E-state index >= 15 is 0 Å². The van der Waals surface area contributed by atoms with Gasteiger partial charge < -0.3 is 14.6 Å². The molecule has 0 radical (unpaired) electrons. The van der Waals surface area contributed by atoms with Gasteiger partial charge in [-0.15, -0.1) is 0 Å². The van der Waals surface area contributed by atoms with Crippen LogP contribution in [0.5, 0.6) is 0 Å². The first-order valence-corrected chi connectivity index (χ1v) is 18.1. The third-order valence-electron chi connectivity index (χ3n) is 7.19. The highest BCUT2D eigenvalue weighted by Gasteiger charge is 2.15. The summed E-state index contributed by atoms with van der Waals surface area (Å²) in [4.78, 5) is 24.1. The number of allylic oxidation sites excluding steroid dienone is 14. The smallest absolute Gasteiger partial charge is 0.306 e. The van der Waals surface area contributed by atoms with Crippen molar-refractivity contribution in [3.8, 4) is 0 Å². The summed E-state index contributed by atoms with van der Waals surface area (Å²) in [7, 11) is 0. The zero-order chi connectivity index (χ0) is 33.6. The maximum absolute atomic E-state index is 12.1. The van der Waals surface area contributed by atoms with Crippen molar-refractivity contribution in [2.24, 2.45) is 0 Å². The van der Waals surface area contributed by atoms with Crippen molar-refractivity contribution in [3.63, 3.8) is 0 Å². The van der Waals surface area contributed by atoms with Crippen molar-refractivity contribution in [1.29, 1.82) is 0 Å². The standard InChI is InChI=1S/C41H66O5/c1-3-5-7-9-11-13-15-17-18-19-20-21-22-24-26-28-30-32-34-36-41(44)46-39(37-42)38-45-40(43)35-33-31-29-27-25-23-16-14-12-10-8-6-4-2/h5,7,11,13-14,16-18,20-21,24,26,30,32,39,42H,3-4,6,8-10,12,15,19,22-23,25,27-29,31,33-38H2,1-2H3/b7-5-,13-11-,16-14-,18-17-,21-20-,26-24-,32-30-/t39-/m0/s1. The molecule has 1 atom stereocenters. The van der Waals surface area contributed by atoms with Crippen LogP contribution in [0.1, 0.15) is 142 Å². The maximum Gasteiger partial charge on any atom is 0.306 e. The predicted molar refractivity (Wildman–Crippen MR) is 196 cm³/mol. The largest absolute Gasteiger partial charge is 0.462 e. The summed E-state index contributed by atoms with van der Waals surface area (Å²) in [5.74, 6) is -0.709. The molecule has 46 heavy (non-hydrogen) atoms. The Balaban J connectivity index is 3.77. The Morgan fingerprint density at radius 1 is 0.522 bits per heavy atom. The van der Waals surface area contributed by atoms with Crippen LogP contribution in [0.2, 0.25) is 0 Å². The Morgan fingerprint density at radius 3 is 1.50 bits per heavy atom. The third kappa shape index (κ3) is 34.0. The van der Waals surface area contributed by atoms with Gasteiger partial charge in [-0.05, 0) is 77.0 Å². The second-order valence-electron chi connectivity index (χ2n) is 11.6. The molecule has 0 aromatic heterocycles. The average molecular weight is 639 g/mol. The summed E-state index contributed by atoms with van der Waals surface area (Å²) < 4.78 is 10.5. The Hall–Kier alpha value is -2.92. The number of esters is 2. The van der Waals surface area contributed by atoms with E-state index in [0.717, 1.165) is 64.2 Å². The SMILES string of the molecule is CC/C=C\C/C=C\C/C=C\C/C=C\C/C=C\C/C=C\CCC(=O)O[C@@H](CO)COC(=O)CCCCCCC/C=C\CCCCCC. The zero-order valence-corrected chi connectivity index (χ0v) is 29.3. The van der Waals surface area contributed by atoms with Gasteiger partial charge in [0.1, 0.15) is 6.61 Å². The molecular weight excluding hydrogens is 572 g/mol. The molecule has 0 unspecified atom stereocenters. The minimum absolute atomic E-state index is 0.105. The van der Waals surface area contributed by atoms with E-state index in [1.165, 1.54) is 44.9 Å². The van der Waals surface area contributed by atoms with Crippen LogP contribution >= 0.6 is 0 Å². The normalized spacial score (nSPS) is 13.2. The van der Waals surface area contributed by atoms with E-state index < -0.39 is 12.1 Å². The average Bonchev–Trinajstić information content (AvgIpc) is 3.06. The maximum atomic E-state index is 12.1. The fraction of sp³-hybridized carbons (Fsp3) is 0.610. The van der Waals surface area contributed by atoms with Crippen molar-refractivity contribution in [2.75, 3.05) is 13.2 Å². The van der Waals surface area contributed by atoms with Crippen LogP contribution in [0.25, 0.3) is 0 Å². The first kappa shape index (κ1) is 43.1. The van der Waals surface area contributed by atoms with Crippen molar-refractivity contribution in [3.05, 3.63) is 85.1 Å². The molecule has 5 heteroatoms. The van der Waals surface area contributed by atoms with Gasteiger partial charge in [0.25, 0.3) is 0 Å². The molecule has 0 aliphatic heterocycles. The van der Waals surface area contributed by atoms with Crippen LogP contribution in [0.15, 0.2) is 85.1 Å².